The molecule has 0 radical (unpaired) electrons. The van der Waals surface area contributed by atoms with Crippen LogP contribution < -0.4 is 4.74 Å². The molecule has 0 fully saturated rings. The number of fused-ring (bicyclic) bond motifs is 1. The van der Waals surface area contributed by atoms with Gasteiger partial charge in [0.05, 0.1) is 11.1 Å². The summed E-state index contributed by atoms with van der Waals surface area (Å²) in [5, 5.41) is 10.5. The van der Waals surface area contributed by atoms with Gasteiger partial charge in [-0.1, -0.05) is 18.2 Å². The van der Waals surface area contributed by atoms with Crippen LogP contribution in [-0.4, -0.2) is 10.1 Å². The van der Waals surface area contributed by atoms with Crippen molar-refractivity contribution < 1.29 is 23.0 Å². The third-order valence-corrected chi connectivity index (χ3v) is 3.33. The molecule has 0 bridgehead atoms. The molecule has 0 aliphatic rings. The van der Waals surface area contributed by atoms with Crippen LogP contribution >= 0.6 is 0 Å². The number of aromatic amines is 1. The van der Waals surface area contributed by atoms with Crippen LogP contribution in [-0.2, 0) is 12.8 Å². The zero-order chi connectivity index (χ0) is 15.7. The van der Waals surface area contributed by atoms with Crippen molar-refractivity contribution in [1.82, 2.24) is 4.98 Å². The number of aromatic hydroxyl groups is 1. The molecular formula is C16H12F3NO2. The summed E-state index contributed by atoms with van der Waals surface area (Å²) in [5.41, 5.74) is 0.579. The van der Waals surface area contributed by atoms with E-state index in [0.717, 1.165) is 23.1 Å². The molecule has 3 aromatic rings. The SMILES string of the molecule is Oc1cccc2c(COc3cccc(C(F)(F)F)c3)c[nH]c12. The fourth-order valence-electron chi connectivity index (χ4n) is 2.24. The zero-order valence-electron chi connectivity index (χ0n) is 11.3. The van der Waals surface area contributed by atoms with Crippen molar-refractivity contribution in [2.75, 3.05) is 0 Å². The number of aromatic nitrogens is 1. The average Bonchev–Trinajstić information content (AvgIpc) is 2.89. The van der Waals surface area contributed by atoms with E-state index in [0.29, 0.717) is 5.52 Å². The molecule has 1 heterocycles. The molecule has 3 rings (SSSR count). The van der Waals surface area contributed by atoms with E-state index in [-0.39, 0.29) is 18.1 Å². The minimum Gasteiger partial charge on any atom is -0.506 e. The first-order valence-corrected chi connectivity index (χ1v) is 6.53. The number of nitrogens with one attached hydrogen (secondary N) is 1. The molecule has 0 spiro atoms. The molecule has 0 amide bonds. The lowest BCUT2D eigenvalue weighted by atomic mass is 10.1. The first-order valence-electron chi connectivity index (χ1n) is 6.53. The lowest BCUT2D eigenvalue weighted by Crippen LogP contribution is -2.05. The summed E-state index contributed by atoms with van der Waals surface area (Å²) in [6.45, 7) is 0.102. The van der Waals surface area contributed by atoms with Crippen molar-refractivity contribution in [3.05, 3.63) is 59.8 Å². The first kappa shape index (κ1) is 14.3. The second kappa shape index (κ2) is 5.29. The number of H-pyrrole nitrogens is 1. The normalized spacial score (nSPS) is 11.8. The number of para-hydroxylation sites is 1. The van der Waals surface area contributed by atoms with Gasteiger partial charge in [0, 0.05) is 17.1 Å². The largest absolute Gasteiger partial charge is 0.506 e. The Balaban J connectivity index is 1.81. The molecule has 114 valence electrons. The second-order valence-electron chi connectivity index (χ2n) is 4.83. The van der Waals surface area contributed by atoms with Gasteiger partial charge in [-0.3, -0.25) is 0 Å². The van der Waals surface area contributed by atoms with Gasteiger partial charge in [0.15, 0.2) is 0 Å². The first-order chi connectivity index (χ1) is 10.4. The number of benzene rings is 2. The van der Waals surface area contributed by atoms with Crippen molar-refractivity contribution in [3.63, 3.8) is 0 Å². The molecule has 2 aromatic carbocycles. The maximum Gasteiger partial charge on any atom is 0.416 e. The number of alkyl halides is 3. The van der Waals surface area contributed by atoms with Gasteiger partial charge < -0.3 is 14.8 Å². The average molecular weight is 307 g/mol. The van der Waals surface area contributed by atoms with E-state index in [4.69, 9.17) is 4.74 Å². The highest BCUT2D eigenvalue weighted by molar-refractivity contribution is 5.87. The van der Waals surface area contributed by atoms with E-state index < -0.39 is 11.7 Å². The number of rotatable bonds is 3. The summed E-state index contributed by atoms with van der Waals surface area (Å²) >= 11 is 0. The molecule has 3 nitrogen and oxygen atoms in total. The summed E-state index contributed by atoms with van der Waals surface area (Å²) in [7, 11) is 0. The van der Waals surface area contributed by atoms with Crippen LogP contribution in [0.4, 0.5) is 13.2 Å². The Morgan fingerprint density at radius 3 is 2.64 bits per heavy atom. The number of halogens is 3. The maximum absolute atomic E-state index is 12.6. The standard InChI is InChI=1S/C16H12F3NO2/c17-16(18,19)11-3-1-4-12(7-11)22-9-10-8-20-15-13(10)5-2-6-14(15)21/h1-8,20-21H,9H2. The van der Waals surface area contributed by atoms with Crippen LogP contribution in [0.25, 0.3) is 10.9 Å². The molecule has 0 unspecified atom stereocenters. The van der Waals surface area contributed by atoms with Crippen molar-refractivity contribution in [2.24, 2.45) is 0 Å². The van der Waals surface area contributed by atoms with Gasteiger partial charge in [-0.25, -0.2) is 0 Å². The predicted molar refractivity (Wildman–Crippen MR) is 75.7 cm³/mol. The van der Waals surface area contributed by atoms with E-state index in [1.807, 2.05) is 0 Å². The quantitative estimate of drug-likeness (QED) is 0.750. The van der Waals surface area contributed by atoms with Crippen LogP contribution in [0.5, 0.6) is 11.5 Å². The fraction of sp³-hybridized carbons (Fsp3) is 0.125. The monoisotopic (exact) mass is 307 g/mol. The van der Waals surface area contributed by atoms with Crippen molar-refractivity contribution in [3.8, 4) is 11.5 Å². The Morgan fingerprint density at radius 1 is 1.09 bits per heavy atom. The Kier molecular flexibility index (Phi) is 3.44. The zero-order valence-corrected chi connectivity index (χ0v) is 11.3. The van der Waals surface area contributed by atoms with Gasteiger partial charge in [-0.05, 0) is 24.3 Å². The number of phenols is 1. The minimum atomic E-state index is -4.40. The molecule has 0 saturated heterocycles. The van der Waals surface area contributed by atoms with Gasteiger partial charge in [0.1, 0.15) is 18.1 Å². The molecule has 0 aliphatic heterocycles. The fourth-order valence-corrected chi connectivity index (χ4v) is 2.24. The Bertz CT molecular complexity index is 809. The third kappa shape index (κ3) is 2.72. The van der Waals surface area contributed by atoms with Crippen LogP contribution in [0.2, 0.25) is 0 Å². The molecule has 0 atom stereocenters. The van der Waals surface area contributed by atoms with Crippen molar-refractivity contribution in [1.29, 1.82) is 0 Å². The molecule has 1 aromatic heterocycles. The third-order valence-electron chi connectivity index (χ3n) is 3.33. The van der Waals surface area contributed by atoms with Gasteiger partial charge >= 0.3 is 6.18 Å². The summed E-state index contributed by atoms with van der Waals surface area (Å²) in [6.07, 6.45) is -2.73. The van der Waals surface area contributed by atoms with Crippen LogP contribution in [0.15, 0.2) is 48.7 Å². The van der Waals surface area contributed by atoms with E-state index in [1.54, 1.807) is 24.4 Å². The molecule has 22 heavy (non-hydrogen) atoms. The summed E-state index contributed by atoms with van der Waals surface area (Å²) < 4.78 is 43.4. The molecule has 0 aliphatic carbocycles. The Hall–Kier alpha value is -2.63. The lowest BCUT2D eigenvalue weighted by molar-refractivity contribution is -0.137. The number of hydrogen-bond donors (Lipinski definition) is 2. The minimum absolute atomic E-state index is 0.102. The highest BCUT2D eigenvalue weighted by atomic mass is 19.4. The van der Waals surface area contributed by atoms with Gasteiger partial charge in [-0.15, -0.1) is 0 Å². The number of ether oxygens (including phenoxy) is 1. The van der Waals surface area contributed by atoms with Gasteiger partial charge in [0.2, 0.25) is 0 Å². The van der Waals surface area contributed by atoms with E-state index >= 15 is 0 Å². The molecule has 0 saturated carbocycles. The predicted octanol–water partition coefficient (Wildman–Crippen LogP) is 4.47. The summed E-state index contributed by atoms with van der Waals surface area (Å²) in [4.78, 5) is 2.92. The second-order valence-corrected chi connectivity index (χ2v) is 4.83. The van der Waals surface area contributed by atoms with E-state index in [2.05, 4.69) is 4.98 Å². The highest BCUT2D eigenvalue weighted by Gasteiger charge is 2.30. The molecule has 2 N–H and O–H groups in total. The summed E-state index contributed by atoms with van der Waals surface area (Å²) in [5.74, 6) is 0.257. The van der Waals surface area contributed by atoms with Crippen LogP contribution in [0, 0.1) is 0 Å². The smallest absolute Gasteiger partial charge is 0.416 e. The topological polar surface area (TPSA) is 45.2 Å². The Labute approximate surface area is 124 Å². The highest BCUT2D eigenvalue weighted by Crippen LogP contribution is 2.32. The molecule has 6 heteroatoms. The number of phenolic OH excluding ortho intramolecular Hbond substituents is 1. The molecular weight excluding hydrogens is 295 g/mol. The van der Waals surface area contributed by atoms with Crippen molar-refractivity contribution in [2.45, 2.75) is 12.8 Å². The van der Waals surface area contributed by atoms with Gasteiger partial charge in [-0.2, -0.15) is 13.2 Å². The lowest BCUT2D eigenvalue weighted by Gasteiger charge is -2.10. The van der Waals surface area contributed by atoms with Gasteiger partial charge in [0.25, 0.3) is 0 Å². The van der Waals surface area contributed by atoms with E-state index in [9.17, 15) is 18.3 Å². The van der Waals surface area contributed by atoms with Crippen molar-refractivity contribution >= 4 is 10.9 Å². The van der Waals surface area contributed by atoms with Crippen LogP contribution in [0.3, 0.4) is 0 Å². The van der Waals surface area contributed by atoms with E-state index in [1.165, 1.54) is 12.1 Å². The maximum atomic E-state index is 12.6. The Morgan fingerprint density at radius 2 is 1.86 bits per heavy atom. The van der Waals surface area contributed by atoms with Crippen LogP contribution in [0.1, 0.15) is 11.1 Å². The summed E-state index contributed by atoms with van der Waals surface area (Å²) in [6, 6.07) is 9.79. The number of hydrogen-bond acceptors (Lipinski definition) is 2.